The Morgan fingerprint density at radius 3 is 2.94 bits per heavy atom. The maximum absolute atomic E-state index is 6.20. The molecule has 0 radical (unpaired) electrons. The van der Waals surface area contributed by atoms with E-state index >= 15 is 0 Å². The number of benzene rings is 1. The van der Waals surface area contributed by atoms with E-state index in [1.54, 1.807) is 6.20 Å². The fraction of sp³-hybridized carbons (Fsp3) is 0.0833. The third-order valence-electron chi connectivity index (χ3n) is 2.55. The van der Waals surface area contributed by atoms with E-state index in [0.717, 1.165) is 11.4 Å². The number of aliphatic imine (C=N–C) groups is 1. The van der Waals surface area contributed by atoms with Crippen LogP contribution in [0.1, 0.15) is 5.56 Å². The Hall–Kier alpha value is -1.59. The molecule has 0 amide bonds. The van der Waals surface area contributed by atoms with Crippen LogP contribution in [-0.2, 0) is 0 Å². The second-order valence-electron chi connectivity index (χ2n) is 3.66. The monoisotopic (exact) mass is 276 g/mol. The number of aromatic nitrogens is 2. The van der Waals surface area contributed by atoms with Crippen molar-refractivity contribution >= 4 is 45.7 Å². The summed E-state index contributed by atoms with van der Waals surface area (Å²) < 4.78 is 0. The van der Waals surface area contributed by atoms with Gasteiger partial charge in [0, 0.05) is 6.20 Å². The van der Waals surface area contributed by atoms with Gasteiger partial charge in [-0.15, -0.1) is 0 Å². The molecule has 0 atom stereocenters. The number of fused-ring (bicyclic) bond motifs is 2. The first-order valence-corrected chi connectivity index (χ1v) is 6.90. The van der Waals surface area contributed by atoms with Gasteiger partial charge in [-0.25, -0.2) is 15.0 Å². The van der Waals surface area contributed by atoms with Gasteiger partial charge in [-0.3, -0.25) is 0 Å². The summed E-state index contributed by atoms with van der Waals surface area (Å²) in [6.45, 7) is 0. The molecule has 1 N–H and O–H groups in total. The molecule has 90 valence electrons. The van der Waals surface area contributed by atoms with E-state index in [1.807, 2.05) is 30.5 Å². The molecule has 4 nitrogen and oxygen atoms in total. The summed E-state index contributed by atoms with van der Waals surface area (Å²) in [7, 11) is 0. The van der Waals surface area contributed by atoms with Crippen LogP contribution in [0.25, 0.3) is 0 Å². The summed E-state index contributed by atoms with van der Waals surface area (Å²) in [6.07, 6.45) is 3.63. The van der Waals surface area contributed by atoms with Crippen molar-refractivity contribution in [1.29, 1.82) is 0 Å². The Morgan fingerprint density at radius 2 is 2.11 bits per heavy atom. The summed E-state index contributed by atoms with van der Waals surface area (Å²) in [6, 6.07) is 7.71. The van der Waals surface area contributed by atoms with E-state index in [1.165, 1.54) is 11.8 Å². The average Bonchev–Trinajstić information content (AvgIpc) is 2.54. The van der Waals surface area contributed by atoms with Crippen LogP contribution in [0.15, 0.2) is 40.6 Å². The molecule has 0 saturated carbocycles. The van der Waals surface area contributed by atoms with Crippen LogP contribution in [0.5, 0.6) is 0 Å². The van der Waals surface area contributed by atoms with E-state index in [-0.39, 0.29) is 0 Å². The minimum atomic E-state index is 0.398. The minimum Gasteiger partial charge on any atom is -0.338 e. The first-order valence-electron chi connectivity index (χ1n) is 5.29. The summed E-state index contributed by atoms with van der Waals surface area (Å²) in [4.78, 5) is 13.0. The lowest BCUT2D eigenvalue weighted by molar-refractivity contribution is 0.973. The van der Waals surface area contributed by atoms with Gasteiger partial charge in [0.15, 0.2) is 5.16 Å². The van der Waals surface area contributed by atoms with E-state index in [0.29, 0.717) is 21.7 Å². The van der Waals surface area contributed by atoms with E-state index in [2.05, 4.69) is 20.3 Å². The largest absolute Gasteiger partial charge is 0.338 e. The number of hydrogen-bond acceptors (Lipinski definition) is 5. The van der Waals surface area contributed by atoms with Gasteiger partial charge in [0.2, 0.25) is 0 Å². The van der Waals surface area contributed by atoms with Gasteiger partial charge in [0.05, 0.1) is 16.9 Å². The lowest BCUT2D eigenvalue weighted by Crippen LogP contribution is -2.02. The Bertz CT molecular complexity index is 642. The molecule has 2 aromatic rings. The maximum Gasteiger partial charge on any atom is 0.189 e. The molecule has 3 rings (SSSR count). The summed E-state index contributed by atoms with van der Waals surface area (Å²) >= 11 is 7.68. The number of hydrogen-bond donors (Lipinski definition) is 1. The van der Waals surface area contributed by atoms with Crippen LogP contribution >= 0.6 is 23.4 Å². The molecule has 6 heteroatoms. The van der Waals surface area contributed by atoms with Crippen molar-refractivity contribution in [3.8, 4) is 0 Å². The SMILES string of the molecule is CSc1ncc2c(n1)Nc1ccccc1N=C2Cl. The van der Waals surface area contributed by atoms with Crippen molar-refractivity contribution in [3.05, 3.63) is 36.0 Å². The number of anilines is 2. The average molecular weight is 277 g/mol. The summed E-state index contributed by atoms with van der Waals surface area (Å²) in [5.74, 6) is 0.688. The topological polar surface area (TPSA) is 50.2 Å². The van der Waals surface area contributed by atoms with Crippen LogP contribution in [0.4, 0.5) is 17.2 Å². The highest BCUT2D eigenvalue weighted by Gasteiger charge is 2.16. The molecule has 0 fully saturated rings. The van der Waals surface area contributed by atoms with Gasteiger partial charge in [-0.05, 0) is 18.4 Å². The van der Waals surface area contributed by atoms with Gasteiger partial charge in [-0.2, -0.15) is 0 Å². The number of nitrogens with zero attached hydrogens (tertiary/aromatic N) is 3. The predicted molar refractivity (Wildman–Crippen MR) is 75.6 cm³/mol. The molecule has 0 bridgehead atoms. The molecule has 0 saturated heterocycles. The molecule has 1 aliphatic rings. The molecule has 0 unspecified atom stereocenters. The van der Waals surface area contributed by atoms with Gasteiger partial charge in [0.1, 0.15) is 11.0 Å². The summed E-state index contributed by atoms with van der Waals surface area (Å²) in [5.41, 5.74) is 2.40. The molecular formula is C12H9ClN4S. The standard InChI is InChI=1S/C12H9ClN4S/c1-18-12-14-6-7-10(13)15-8-4-2-3-5-9(8)16-11(7)17-12/h2-6H,1H3,(H,14,16,17). The summed E-state index contributed by atoms with van der Waals surface area (Å²) in [5, 5.41) is 4.34. The van der Waals surface area contributed by atoms with Gasteiger partial charge >= 0.3 is 0 Å². The van der Waals surface area contributed by atoms with E-state index in [4.69, 9.17) is 11.6 Å². The molecule has 0 spiro atoms. The molecule has 1 aromatic carbocycles. The Morgan fingerprint density at radius 1 is 1.28 bits per heavy atom. The molecule has 1 aromatic heterocycles. The first kappa shape index (κ1) is 11.5. The zero-order chi connectivity index (χ0) is 12.5. The maximum atomic E-state index is 6.20. The normalized spacial score (nSPS) is 12.9. The van der Waals surface area contributed by atoms with Crippen LogP contribution in [0, 0.1) is 0 Å². The van der Waals surface area contributed by atoms with Gasteiger partial charge in [0.25, 0.3) is 0 Å². The zero-order valence-corrected chi connectivity index (χ0v) is 11.1. The molecule has 1 aliphatic heterocycles. The van der Waals surface area contributed by atoms with Crippen LogP contribution < -0.4 is 5.32 Å². The number of nitrogens with one attached hydrogen (secondary N) is 1. The van der Waals surface area contributed by atoms with Gasteiger partial charge in [-0.1, -0.05) is 35.5 Å². The highest BCUT2D eigenvalue weighted by Crippen LogP contribution is 2.33. The zero-order valence-electron chi connectivity index (χ0n) is 9.51. The first-order chi connectivity index (χ1) is 8.78. The molecule has 0 aliphatic carbocycles. The van der Waals surface area contributed by atoms with Crippen molar-refractivity contribution in [2.24, 2.45) is 4.99 Å². The number of para-hydroxylation sites is 2. The molecule has 2 heterocycles. The van der Waals surface area contributed by atoms with Crippen molar-refractivity contribution in [2.75, 3.05) is 11.6 Å². The van der Waals surface area contributed by atoms with E-state index in [9.17, 15) is 0 Å². The van der Waals surface area contributed by atoms with Crippen molar-refractivity contribution in [2.45, 2.75) is 5.16 Å². The number of thioether (sulfide) groups is 1. The highest BCUT2D eigenvalue weighted by molar-refractivity contribution is 7.98. The fourth-order valence-electron chi connectivity index (χ4n) is 1.68. The Kier molecular flexibility index (Phi) is 2.93. The number of rotatable bonds is 1. The smallest absolute Gasteiger partial charge is 0.189 e. The quantitative estimate of drug-likeness (QED) is 0.639. The number of halogens is 1. The van der Waals surface area contributed by atoms with Crippen LogP contribution in [0.3, 0.4) is 0 Å². The fourth-order valence-corrected chi connectivity index (χ4v) is 2.25. The van der Waals surface area contributed by atoms with Crippen molar-refractivity contribution < 1.29 is 0 Å². The van der Waals surface area contributed by atoms with Crippen molar-refractivity contribution in [1.82, 2.24) is 9.97 Å². The minimum absolute atomic E-state index is 0.398. The van der Waals surface area contributed by atoms with E-state index < -0.39 is 0 Å². The second-order valence-corrected chi connectivity index (χ2v) is 4.80. The van der Waals surface area contributed by atoms with Crippen molar-refractivity contribution in [3.63, 3.8) is 0 Å². The molecule has 18 heavy (non-hydrogen) atoms. The molecular weight excluding hydrogens is 268 g/mol. The lowest BCUT2D eigenvalue weighted by Gasteiger charge is -2.08. The van der Waals surface area contributed by atoms with Crippen LogP contribution in [-0.4, -0.2) is 21.4 Å². The highest BCUT2D eigenvalue weighted by atomic mass is 35.5. The third-order valence-corrected chi connectivity index (χ3v) is 3.40. The van der Waals surface area contributed by atoms with Gasteiger partial charge < -0.3 is 5.32 Å². The predicted octanol–water partition coefficient (Wildman–Crippen LogP) is 3.57. The Labute approximate surface area is 114 Å². The lowest BCUT2D eigenvalue weighted by atomic mass is 10.3. The second kappa shape index (κ2) is 4.59. The Balaban J connectivity index is 2.19. The van der Waals surface area contributed by atoms with Crippen LogP contribution in [0.2, 0.25) is 0 Å². The third kappa shape index (κ3) is 1.95.